The lowest BCUT2D eigenvalue weighted by molar-refractivity contribution is 0.0326. The normalized spacial score (nSPS) is 13.4. The molecule has 0 bridgehead atoms. The number of ether oxygens (including phenoxy) is 1. The number of nitrogens with zero attached hydrogens (tertiary/aromatic N) is 1. The van der Waals surface area contributed by atoms with Crippen LogP contribution in [0.2, 0.25) is 13.1 Å². The van der Waals surface area contributed by atoms with Gasteiger partial charge in [0.25, 0.3) is 0 Å². The zero-order chi connectivity index (χ0) is 20.3. The van der Waals surface area contributed by atoms with Gasteiger partial charge >= 0.3 is 0 Å². The van der Waals surface area contributed by atoms with Crippen molar-refractivity contribution in [3.05, 3.63) is 59.9 Å². The fraction of sp³-hybridized carbons (Fsp3) is 0.435. The van der Waals surface area contributed by atoms with E-state index in [-0.39, 0.29) is 11.5 Å². The molecular formula is C23H31N2O2Si. The predicted octanol–water partition coefficient (Wildman–Crippen LogP) is 6.13. The van der Waals surface area contributed by atoms with Crippen molar-refractivity contribution in [3.8, 4) is 5.75 Å². The molecule has 0 saturated carbocycles. The minimum absolute atomic E-state index is 0.00938. The van der Waals surface area contributed by atoms with Crippen LogP contribution in [-0.2, 0) is 11.0 Å². The predicted molar refractivity (Wildman–Crippen MR) is 117 cm³/mol. The van der Waals surface area contributed by atoms with Gasteiger partial charge in [0, 0.05) is 11.1 Å². The van der Waals surface area contributed by atoms with Gasteiger partial charge in [-0.1, -0.05) is 58.0 Å². The molecule has 0 aliphatic heterocycles. The number of aromatic amines is 1. The summed E-state index contributed by atoms with van der Waals surface area (Å²) in [5, 5.41) is 1.05. The summed E-state index contributed by atoms with van der Waals surface area (Å²) >= 11 is 0. The standard InChI is InChI=1S/C23H31N2O2Si/c1-16(2)23(3,4)21(27-28(5)6)20-13-18-12-19(14-24-22(18)25-20)26-15-17-10-8-7-9-11-17/h7-14,16,21H,15H2,1-6H3,(H,24,25). The molecule has 0 fully saturated rings. The van der Waals surface area contributed by atoms with Gasteiger partial charge in [0.15, 0.2) is 0 Å². The van der Waals surface area contributed by atoms with E-state index in [0.717, 1.165) is 28.0 Å². The van der Waals surface area contributed by atoms with Gasteiger partial charge < -0.3 is 14.1 Å². The van der Waals surface area contributed by atoms with Crippen molar-refractivity contribution in [2.45, 2.75) is 53.5 Å². The zero-order valence-electron chi connectivity index (χ0n) is 17.7. The van der Waals surface area contributed by atoms with Crippen molar-refractivity contribution in [1.29, 1.82) is 0 Å². The maximum atomic E-state index is 6.44. The highest BCUT2D eigenvalue weighted by Crippen LogP contribution is 2.43. The van der Waals surface area contributed by atoms with Crippen molar-refractivity contribution in [2.24, 2.45) is 11.3 Å². The average molecular weight is 396 g/mol. The van der Waals surface area contributed by atoms with E-state index in [1.807, 2.05) is 18.2 Å². The number of rotatable bonds is 8. The van der Waals surface area contributed by atoms with Gasteiger partial charge in [-0.15, -0.1) is 0 Å². The lowest BCUT2D eigenvalue weighted by Crippen LogP contribution is -2.32. The third kappa shape index (κ3) is 4.65. The Labute approximate surface area is 170 Å². The van der Waals surface area contributed by atoms with Crippen LogP contribution in [0.1, 0.15) is 45.1 Å². The van der Waals surface area contributed by atoms with E-state index in [2.05, 4.69) is 75.0 Å². The number of hydrogen-bond donors (Lipinski definition) is 1. The summed E-state index contributed by atoms with van der Waals surface area (Å²) in [6.45, 7) is 14.0. The topological polar surface area (TPSA) is 47.1 Å². The molecule has 0 saturated heterocycles. The van der Waals surface area contributed by atoms with Gasteiger partial charge in [0.1, 0.15) is 18.0 Å². The molecule has 5 heteroatoms. The highest BCUT2D eigenvalue weighted by molar-refractivity contribution is 6.48. The third-order valence-electron chi connectivity index (χ3n) is 5.51. The van der Waals surface area contributed by atoms with Gasteiger partial charge in [-0.05, 0) is 42.1 Å². The SMILES string of the molecule is CC(C)C(C)(C)C(O[Si](C)C)c1cc2cc(OCc3ccccc3)cnc2[nH]1. The first-order chi connectivity index (χ1) is 13.3. The van der Waals surface area contributed by atoms with Crippen LogP contribution in [0.25, 0.3) is 11.0 Å². The molecular weight excluding hydrogens is 364 g/mol. The van der Waals surface area contributed by atoms with Gasteiger partial charge in [-0.3, -0.25) is 0 Å². The van der Waals surface area contributed by atoms with Crippen LogP contribution in [0.15, 0.2) is 48.7 Å². The molecule has 0 amide bonds. The van der Waals surface area contributed by atoms with Crippen LogP contribution >= 0.6 is 0 Å². The number of H-pyrrole nitrogens is 1. The molecule has 1 N–H and O–H groups in total. The molecule has 0 spiro atoms. The van der Waals surface area contributed by atoms with Crippen LogP contribution in [0.3, 0.4) is 0 Å². The zero-order valence-corrected chi connectivity index (χ0v) is 18.7. The lowest BCUT2D eigenvalue weighted by Gasteiger charge is -2.38. The highest BCUT2D eigenvalue weighted by atomic mass is 28.3. The first kappa shape index (κ1) is 20.6. The van der Waals surface area contributed by atoms with Gasteiger partial charge in [0.05, 0.1) is 12.3 Å². The van der Waals surface area contributed by atoms with Crippen molar-refractivity contribution in [3.63, 3.8) is 0 Å². The largest absolute Gasteiger partial charge is 0.487 e. The molecule has 2 heterocycles. The number of hydrogen-bond acceptors (Lipinski definition) is 3. The van der Waals surface area contributed by atoms with Gasteiger partial charge in [-0.2, -0.15) is 0 Å². The van der Waals surface area contributed by atoms with E-state index in [4.69, 9.17) is 9.16 Å². The molecule has 1 aromatic carbocycles. The van der Waals surface area contributed by atoms with Crippen LogP contribution in [0, 0.1) is 11.3 Å². The summed E-state index contributed by atoms with van der Waals surface area (Å²) in [4.78, 5) is 8.06. The van der Waals surface area contributed by atoms with Crippen LogP contribution in [-0.4, -0.2) is 19.0 Å². The summed E-state index contributed by atoms with van der Waals surface area (Å²) in [7, 11) is -0.845. The van der Waals surface area contributed by atoms with Crippen molar-refractivity contribution >= 4 is 20.1 Å². The Bertz CT molecular complexity index is 903. The van der Waals surface area contributed by atoms with Gasteiger partial charge in [0.2, 0.25) is 9.04 Å². The van der Waals surface area contributed by atoms with Crippen molar-refractivity contribution in [2.75, 3.05) is 0 Å². The maximum absolute atomic E-state index is 6.44. The fourth-order valence-corrected chi connectivity index (χ4v) is 4.03. The first-order valence-corrected chi connectivity index (χ1v) is 12.3. The maximum Gasteiger partial charge on any atom is 0.205 e. The second-order valence-electron chi connectivity index (χ2n) is 8.49. The Morgan fingerprint density at radius 3 is 2.46 bits per heavy atom. The molecule has 4 nitrogen and oxygen atoms in total. The smallest absolute Gasteiger partial charge is 0.205 e. The Kier molecular flexibility index (Phi) is 6.25. The van der Waals surface area contributed by atoms with Crippen LogP contribution < -0.4 is 4.74 Å². The highest BCUT2D eigenvalue weighted by Gasteiger charge is 2.36. The Hall–Kier alpha value is -2.11. The van der Waals surface area contributed by atoms with E-state index < -0.39 is 9.04 Å². The molecule has 3 aromatic rings. The van der Waals surface area contributed by atoms with E-state index in [9.17, 15) is 0 Å². The Morgan fingerprint density at radius 1 is 1.11 bits per heavy atom. The van der Waals surface area contributed by atoms with Crippen LogP contribution in [0.4, 0.5) is 0 Å². The summed E-state index contributed by atoms with van der Waals surface area (Å²) < 4.78 is 12.4. The summed E-state index contributed by atoms with van der Waals surface area (Å²) in [5.41, 5.74) is 3.11. The van der Waals surface area contributed by atoms with E-state index in [1.54, 1.807) is 6.20 Å². The lowest BCUT2D eigenvalue weighted by atomic mass is 9.75. The third-order valence-corrected chi connectivity index (χ3v) is 6.22. The number of benzene rings is 1. The Balaban J connectivity index is 1.85. The summed E-state index contributed by atoms with van der Waals surface area (Å²) in [6.07, 6.45) is 1.79. The molecule has 0 aliphatic carbocycles. The summed E-state index contributed by atoms with van der Waals surface area (Å²) in [6, 6.07) is 14.4. The molecule has 149 valence electrons. The Morgan fingerprint density at radius 2 is 1.82 bits per heavy atom. The van der Waals surface area contributed by atoms with Gasteiger partial charge in [-0.25, -0.2) is 4.98 Å². The van der Waals surface area contributed by atoms with Crippen LogP contribution in [0.5, 0.6) is 5.75 Å². The van der Waals surface area contributed by atoms with E-state index in [0.29, 0.717) is 12.5 Å². The molecule has 28 heavy (non-hydrogen) atoms. The van der Waals surface area contributed by atoms with E-state index >= 15 is 0 Å². The van der Waals surface area contributed by atoms with Crippen molar-refractivity contribution < 1.29 is 9.16 Å². The summed E-state index contributed by atoms with van der Waals surface area (Å²) in [5.74, 6) is 1.27. The number of fused-ring (bicyclic) bond motifs is 1. The molecule has 0 aliphatic rings. The molecule has 1 unspecified atom stereocenters. The first-order valence-electron chi connectivity index (χ1n) is 9.89. The fourth-order valence-electron chi connectivity index (χ4n) is 3.13. The minimum Gasteiger partial charge on any atom is -0.487 e. The molecule has 3 rings (SSSR count). The minimum atomic E-state index is -0.845. The van der Waals surface area contributed by atoms with E-state index in [1.165, 1.54) is 0 Å². The molecule has 2 aromatic heterocycles. The molecule has 1 atom stereocenters. The average Bonchev–Trinajstić information content (AvgIpc) is 3.07. The quantitative estimate of drug-likeness (QED) is 0.466. The number of pyridine rings is 1. The number of nitrogens with one attached hydrogen (secondary N) is 1. The second kappa shape index (κ2) is 8.49. The van der Waals surface area contributed by atoms with Crippen molar-refractivity contribution in [1.82, 2.24) is 9.97 Å². The monoisotopic (exact) mass is 395 g/mol. The number of aromatic nitrogens is 2. The molecule has 1 radical (unpaired) electrons. The second-order valence-corrected chi connectivity index (χ2v) is 10.5.